The minimum Gasteiger partial charge on any atom is -0.356 e. The third-order valence-corrected chi connectivity index (χ3v) is 6.06. The first-order valence-corrected chi connectivity index (χ1v) is 10.2. The largest absolute Gasteiger partial charge is 0.416 e. The number of rotatable bonds is 2. The van der Waals surface area contributed by atoms with Gasteiger partial charge in [-0.3, -0.25) is 5.10 Å². The molecule has 2 aromatic carbocycles. The molecule has 6 nitrogen and oxygen atoms in total. The van der Waals surface area contributed by atoms with Crippen LogP contribution < -0.4 is 4.90 Å². The highest BCUT2D eigenvalue weighted by molar-refractivity contribution is 5.89. The van der Waals surface area contributed by atoms with Crippen molar-refractivity contribution in [2.24, 2.45) is 0 Å². The van der Waals surface area contributed by atoms with Crippen molar-refractivity contribution in [1.29, 1.82) is 0 Å². The number of hydrogen-bond acceptors (Lipinski definition) is 4. The summed E-state index contributed by atoms with van der Waals surface area (Å²) in [5.41, 5.74) is 3.42. The summed E-state index contributed by atoms with van der Waals surface area (Å²) in [4.78, 5) is 14.2. The van der Waals surface area contributed by atoms with Crippen LogP contribution in [0.25, 0.3) is 21.9 Å². The smallest absolute Gasteiger partial charge is 0.356 e. The van der Waals surface area contributed by atoms with Crippen molar-refractivity contribution >= 4 is 27.8 Å². The van der Waals surface area contributed by atoms with Gasteiger partial charge < -0.3 is 9.88 Å². The van der Waals surface area contributed by atoms with Gasteiger partial charge >= 0.3 is 6.18 Å². The van der Waals surface area contributed by atoms with Crippen molar-refractivity contribution in [3.63, 3.8) is 0 Å². The zero-order valence-electron chi connectivity index (χ0n) is 16.7. The van der Waals surface area contributed by atoms with E-state index < -0.39 is 17.8 Å². The Bertz CT molecular complexity index is 1450. The Morgan fingerprint density at radius 2 is 1.88 bits per heavy atom. The molecule has 0 aliphatic carbocycles. The van der Waals surface area contributed by atoms with Gasteiger partial charge in [-0.15, -0.1) is 0 Å². The summed E-state index contributed by atoms with van der Waals surface area (Å²) in [5, 5.41) is 8.73. The van der Waals surface area contributed by atoms with Gasteiger partial charge in [-0.2, -0.15) is 18.3 Å². The number of aromatic nitrogens is 5. The first kappa shape index (κ1) is 18.9. The number of nitrogens with one attached hydrogen (secondary N) is 2. The molecule has 160 valence electrons. The summed E-state index contributed by atoms with van der Waals surface area (Å²) in [6, 6.07) is 13.0. The summed E-state index contributed by atoms with van der Waals surface area (Å²) in [7, 11) is 0. The number of halogens is 3. The SMILES string of the molecule is FC(F)(F)c1cccc(C2c3[nH]c4ccccc4c3CCN2c2ncnc3[nH]ncc23)c1. The molecule has 0 saturated heterocycles. The fourth-order valence-corrected chi connectivity index (χ4v) is 4.68. The Morgan fingerprint density at radius 1 is 1.00 bits per heavy atom. The second kappa shape index (κ2) is 6.81. The molecule has 2 N–H and O–H groups in total. The molecule has 9 heteroatoms. The van der Waals surface area contributed by atoms with E-state index in [1.807, 2.05) is 29.2 Å². The Hall–Kier alpha value is -3.88. The van der Waals surface area contributed by atoms with Gasteiger partial charge in [0, 0.05) is 23.1 Å². The number of hydrogen-bond donors (Lipinski definition) is 2. The van der Waals surface area contributed by atoms with Gasteiger partial charge in [-0.25, -0.2) is 9.97 Å². The molecule has 0 bridgehead atoms. The second-order valence-corrected chi connectivity index (χ2v) is 7.86. The number of alkyl halides is 3. The minimum absolute atomic E-state index is 0.471. The standard InChI is InChI=1S/C23H17F3N6/c24-23(25,26)14-5-3-4-13(10-14)20-19-16(15-6-1-2-7-18(15)30-19)8-9-32(20)22-17-11-29-31-21(17)27-12-28-22/h1-7,10-12,20,30H,8-9H2,(H,27,28,29,31). The average molecular weight is 434 g/mol. The van der Waals surface area contributed by atoms with E-state index in [2.05, 4.69) is 25.1 Å². The molecule has 1 aliphatic heterocycles. The third kappa shape index (κ3) is 2.84. The molecule has 0 fully saturated rings. The number of nitrogens with zero attached hydrogens (tertiary/aromatic N) is 4. The number of para-hydroxylation sites is 1. The lowest BCUT2D eigenvalue weighted by Crippen LogP contribution is -2.37. The number of anilines is 1. The maximum absolute atomic E-state index is 13.5. The van der Waals surface area contributed by atoms with E-state index >= 15 is 0 Å². The molecular weight excluding hydrogens is 417 g/mol. The molecule has 32 heavy (non-hydrogen) atoms. The Morgan fingerprint density at radius 3 is 2.75 bits per heavy atom. The van der Waals surface area contributed by atoms with Gasteiger partial charge in [0.05, 0.1) is 23.2 Å². The monoisotopic (exact) mass is 434 g/mol. The van der Waals surface area contributed by atoms with Gasteiger partial charge in [0.15, 0.2) is 5.65 Å². The molecule has 1 unspecified atom stereocenters. The molecule has 5 aromatic rings. The Kier molecular flexibility index (Phi) is 4.01. The van der Waals surface area contributed by atoms with Crippen LogP contribution in [0.4, 0.5) is 19.0 Å². The maximum atomic E-state index is 13.5. The highest BCUT2D eigenvalue weighted by atomic mass is 19.4. The first-order chi connectivity index (χ1) is 15.5. The maximum Gasteiger partial charge on any atom is 0.416 e. The van der Waals surface area contributed by atoms with E-state index in [1.165, 1.54) is 18.5 Å². The van der Waals surface area contributed by atoms with Crippen LogP contribution in [0, 0.1) is 0 Å². The van der Waals surface area contributed by atoms with Gasteiger partial charge in [0.25, 0.3) is 0 Å². The molecule has 1 aliphatic rings. The number of fused-ring (bicyclic) bond motifs is 4. The fourth-order valence-electron chi connectivity index (χ4n) is 4.68. The van der Waals surface area contributed by atoms with Crippen LogP contribution >= 0.6 is 0 Å². The molecule has 6 rings (SSSR count). The summed E-state index contributed by atoms with van der Waals surface area (Å²) in [6.45, 7) is 0.590. The summed E-state index contributed by atoms with van der Waals surface area (Å²) >= 11 is 0. The zero-order chi connectivity index (χ0) is 21.9. The molecule has 1 atom stereocenters. The van der Waals surface area contributed by atoms with E-state index in [-0.39, 0.29) is 0 Å². The molecule has 4 heterocycles. The predicted octanol–water partition coefficient (Wildman–Crippen LogP) is 5.01. The van der Waals surface area contributed by atoms with Crippen LogP contribution in [0.3, 0.4) is 0 Å². The van der Waals surface area contributed by atoms with Crippen LogP contribution in [0.5, 0.6) is 0 Å². The Labute approximate surface area is 180 Å². The molecule has 0 spiro atoms. The van der Waals surface area contributed by atoms with Crippen LogP contribution in [0.2, 0.25) is 0 Å². The van der Waals surface area contributed by atoms with Crippen molar-refractivity contribution < 1.29 is 13.2 Å². The van der Waals surface area contributed by atoms with Crippen LogP contribution in [0.1, 0.15) is 28.4 Å². The van der Waals surface area contributed by atoms with Gasteiger partial charge in [0.2, 0.25) is 0 Å². The van der Waals surface area contributed by atoms with E-state index in [4.69, 9.17) is 0 Å². The zero-order valence-corrected chi connectivity index (χ0v) is 16.7. The number of H-pyrrole nitrogens is 2. The summed E-state index contributed by atoms with van der Waals surface area (Å²) in [5.74, 6) is 0.635. The van der Waals surface area contributed by atoms with Crippen LogP contribution in [-0.4, -0.2) is 31.7 Å². The normalized spacial score (nSPS) is 16.6. The summed E-state index contributed by atoms with van der Waals surface area (Å²) in [6.07, 6.45) is -0.599. The van der Waals surface area contributed by atoms with Gasteiger partial charge in [-0.05, 0) is 35.7 Å². The topological polar surface area (TPSA) is 73.5 Å². The van der Waals surface area contributed by atoms with E-state index in [0.29, 0.717) is 23.6 Å². The minimum atomic E-state index is -4.43. The molecule has 3 aromatic heterocycles. The molecule has 0 amide bonds. The van der Waals surface area contributed by atoms with Crippen molar-refractivity contribution in [3.8, 4) is 0 Å². The second-order valence-electron chi connectivity index (χ2n) is 7.86. The lowest BCUT2D eigenvalue weighted by atomic mass is 9.91. The number of benzene rings is 2. The van der Waals surface area contributed by atoms with Gasteiger partial charge in [0.1, 0.15) is 12.1 Å². The number of aromatic amines is 2. The lowest BCUT2D eigenvalue weighted by Gasteiger charge is -2.37. The quantitative estimate of drug-likeness (QED) is 0.410. The molecular formula is C23H17F3N6. The van der Waals surface area contributed by atoms with E-state index in [1.54, 1.807) is 12.3 Å². The van der Waals surface area contributed by atoms with E-state index in [0.717, 1.165) is 40.0 Å². The Balaban J connectivity index is 1.60. The van der Waals surface area contributed by atoms with Crippen molar-refractivity contribution in [2.45, 2.75) is 18.6 Å². The van der Waals surface area contributed by atoms with Crippen molar-refractivity contribution in [3.05, 3.63) is 83.4 Å². The highest BCUT2D eigenvalue weighted by Crippen LogP contribution is 2.42. The highest BCUT2D eigenvalue weighted by Gasteiger charge is 2.36. The first-order valence-electron chi connectivity index (χ1n) is 10.2. The van der Waals surface area contributed by atoms with Crippen LogP contribution in [0.15, 0.2) is 61.1 Å². The molecule has 0 saturated carbocycles. The third-order valence-electron chi connectivity index (χ3n) is 6.06. The van der Waals surface area contributed by atoms with Gasteiger partial charge in [-0.1, -0.05) is 30.3 Å². The van der Waals surface area contributed by atoms with E-state index in [9.17, 15) is 13.2 Å². The van der Waals surface area contributed by atoms with Crippen molar-refractivity contribution in [2.75, 3.05) is 11.4 Å². The predicted molar refractivity (Wildman–Crippen MR) is 114 cm³/mol. The average Bonchev–Trinajstić information content (AvgIpc) is 3.42. The van der Waals surface area contributed by atoms with Crippen LogP contribution in [-0.2, 0) is 12.6 Å². The molecule has 0 radical (unpaired) electrons. The lowest BCUT2D eigenvalue weighted by molar-refractivity contribution is -0.137. The van der Waals surface area contributed by atoms with Crippen molar-refractivity contribution in [1.82, 2.24) is 25.1 Å². The summed E-state index contributed by atoms with van der Waals surface area (Å²) < 4.78 is 40.6. The fraction of sp³-hybridized carbons (Fsp3) is 0.174.